The number of rotatable bonds is 0. The molecule has 0 spiro atoms. The van der Waals surface area contributed by atoms with Gasteiger partial charge >= 0.3 is 5.92 Å². The van der Waals surface area contributed by atoms with Crippen LogP contribution in [0.5, 0.6) is 0 Å². The van der Waals surface area contributed by atoms with E-state index in [9.17, 15) is 8.78 Å². The summed E-state index contributed by atoms with van der Waals surface area (Å²) in [5.41, 5.74) is 0.312. The van der Waals surface area contributed by atoms with Crippen molar-refractivity contribution in [1.82, 2.24) is 0 Å². The second-order valence-corrected chi connectivity index (χ2v) is 6.38. The molecule has 1 aliphatic rings. The van der Waals surface area contributed by atoms with Crippen LogP contribution in [-0.2, 0) is 5.92 Å². The summed E-state index contributed by atoms with van der Waals surface area (Å²) in [6, 6.07) is 3.04. The van der Waals surface area contributed by atoms with Gasteiger partial charge in [-0.25, -0.2) is 0 Å². The summed E-state index contributed by atoms with van der Waals surface area (Å²) >= 11 is 5.99. The normalized spacial score (nSPS) is 16.8. The molecule has 5 heteroatoms. The molecule has 0 atom stereocenters. The second-order valence-electron chi connectivity index (χ2n) is 3.03. The van der Waals surface area contributed by atoms with Crippen molar-refractivity contribution in [3.63, 3.8) is 0 Å². The molecule has 0 unspecified atom stereocenters. The maximum atomic E-state index is 13.8. The fourth-order valence-corrected chi connectivity index (χ4v) is 4.38. The van der Waals surface area contributed by atoms with Crippen molar-refractivity contribution >= 4 is 38.6 Å². The SMILES string of the molecule is FC1(F)c2ccsc2-c2sc(Br)cc21. The molecule has 1 aliphatic carbocycles. The van der Waals surface area contributed by atoms with Gasteiger partial charge in [0.05, 0.1) is 13.5 Å². The van der Waals surface area contributed by atoms with Crippen LogP contribution in [0.3, 0.4) is 0 Å². The third kappa shape index (κ3) is 0.951. The zero-order valence-corrected chi connectivity index (χ0v) is 9.90. The molecule has 0 N–H and O–H groups in total. The van der Waals surface area contributed by atoms with Gasteiger partial charge in [-0.2, -0.15) is 8.78 Å². The maximum Gasteiger partial charge on any atom is 0.301 e. The van der Waals surface area contributed by atoms with E-state index in [2.05, 4.69) is 15.9 Å². The van der Waals surface area contributed by atoms with E-state index < -0.39 is 5.92 Å². The van der Waals surface area contributed by atoms with E-state index in [4.69, 9.17) is 0 Å². The topological polar surface area (TPSA) is 0 Å². The summed E-state index contributed by atoms with van der Waals surface area (Å²) < 4.78 is 28.3. The molecule has 2 aromatic heterocycles. The Hall–Kier alpha value is -0.260. The van der Waals surface area contributed by atoms with Crippen molar-refractivity contribution in [2.45, 2.75) is 5.92 Å². The summed E-state index contributed by atoms with van der Waals surface area (Å²) in [4.78, 5) is 1.44. The van der Waals surface area contributed by atoms with E-state index in [1.165, 1.54) is 34.8 Å². The van der Waals surface area contributed by atoms with E-state index in [1.807, 2.05) is 0 Å². The summed E-state index contributed by atoms with van der Waals surface area (Å²) in [6.45, 7) is 0. The summed E-state index contributed by atoms with van der Waals surface area (Å²) in [5.74, 6) is -2.80. The first-order valence-corrected chi connectivity index (χ1v) is 6.35. The Bertz CT molecular complexity index is 513. The van der Waals surface area contributed by atoms with Crippen molar-refractivity contribution in [2.24, 2.45) is 0 Å². The quantitative estimate of drug-likeness (QED) is 0.661. The average Bonchev–Trinajstić information content (AvgIpc) is 2.70. The Kier molecular flexibility index (Phi) is 1.70. The van der Waals surface area contributed by atoms with Gasteiger partial charge in [-0.05, 0) is 33.4 Å². The molecular formula is C9H3BrF2S2. The van der Waals surface area contributed by atoms with Crippen molar-refractivity contribution in [2.75, 3.05) is 0 Å². The van der Waals surface area contributed by atoms with E-state index in [0.717, 1.165) is 8.66 Å². The number of fused-ring (bicyclic) bond motifs is 3. The fraction of sp³-hybridized carbons (Fsp3) is 0.111. The van der Waals surface area contributed by atoms with Gasteiger partial charge in [0.1, 0.15) is 0 Å². The third-order valence-corrected chi connectivity index (χ3v) is 4.97. The number of hydrogen-bond acceptors (Lipinski definition) is 2. The molecule has 0 bridgehead atoms. The van der Waals surface area contributed by atoms with Crippen LogP contribution < -0.4 is 0 Å². The molecule has 0 saturated heterocycles. The molecule has 0 aliphatic heterocycles. The number of thiophene rings is 2. The minimum atomic E-state index is -2.80. The summed E-state index contributed by atoms with van der Waals surface area (Å²) in [7, 11) is 0. The maximum absolute atomic E-state index is 13.8. The van der Waals surface area contributed by atoms with Crippen LogP contribution in [-0.4, -0.2) is 0 Å². The Morgan fingerprint density at radius 1 is 1.21 bits per heavy atom. The first kappa shape index (κ1) is 9.00. The average molecular weight is 293 g/mol. The lowest BCUT2D eigenvalue weighted by atomic mass is 10.1. The number of halogens is 3. The van der Waals surface area contributed by atoms with Gasteiger partial charge in [-0.15, -0.1) is 22.7 Å². The molecule has 72 valence electrons. The highest BCUT2D eigenvalue weighted by Crippen LogP contribution is 2.56. The minimum Gasteiger partial charge on any atom is -0.196 e. The van der Waals surface area contributed by atoms with Crippen LogP contribution in [0.15, 0.2) is 21.3 Å². The highest BCUT2D eigenvalue weighted by molar-refractivity contribution is 9.11. The molecule has 0 nitrogen and oxygen atoms in total. The Morgan fingerprint density at radius 2 is 2.00 bits per heavy atom. The van der Waals surface area contributed by atoms with E-state index >= 15 is 0 Å². The molecule has 0 fully saturated rings. The van der Waals surface area contributed by atoms with Crippen molar-refractivity contribution in [3.8, 4) is 9.75 Å². The zero-order valence-electron chi connectivity index (χ0n) is 6.68. The number of alkyl halides is 2. The van der Waals surface area contributed by atoms with Crippen LogP contribution in [0.1, 0.15) is 11.1 Å². The van der Waals surface area contributed by atoms with Crippen molar-refractivity contribution < 1.29 is 8.78 Å². The molecular weight excluding hydrogens is 290 g/mol. The van der Waals surface area contributed by atoms with Crippen LogP contribution in [0, 0.1) is 0 Å². The summed E-state index contributed by atoms with van der Waals surface area (Å²) in [5, 5.41) is 1.72. The predicted octanol–water partition coefficient (Wildman–Crippen LogP) is 4.69. The largest absolute Gasteiger partial charge is 0.301 e. The van der Waals surface area contributed by atoms with Gasteiger partial charge in [0.15, 0.2) is 0 Å². The van der Waals surface area contributed by atoms with Gasteiger partial charge in [0.25, 0.3) is 0 Å². The number of hydrogen-bond donors (Lipinski definition) is 0. The van der Waals surface area contributed by atoms with Gasteiger partial charge in [0.2, 0.25) is 0 Å². The Balaban J connectivity index is 2.40. The molecule has 0 radical (unpaired) electrons. The highest BCUT2D eigenvalue weighted by atomic mass is 79.9. The van der Waals surface area contributed by atoms with Crippen LogP contribution in [0.25, 0.3) is 9.75 Å². The third-order valence-electron chi connectivity index (χ3n) is 2.25. The summed E-state index contributed by atoms with van der Waals surface area (Å²) in [6.07, 6.45) is 0. The Morgan fingerprint density at radius 3 is 2.79 bits per heavy atom. The van der Waals surface area contributed by atoms with Gasteiger partial charge in [-0.3, -0.25) is 0 Å². The molecule has 2 aromatic rings. The first-order valence-electron chi connectivity index (χ1n) is 3.86. The minimum absolute atomic E-state index is 0.149. The van der Waals surface area contributed by atoms with E-state index in [-0.39, 0.29) is 11.1 Å². The van der Waals surface area contributed by atoms with E-state index in [1.54, 1.807) is 5.38 Å². The fourth-order valence-electron chi connectivity index (χ4n) is 1.64. The highest BCUT2D eigenvalue weighted by Gasteiger charge is 2.46. The van der Waals surface area contributed by atoms with Crippen LogP contribution >= 0.6 is 38.6 Å². The van der Waals surface area contributed by atoms with Gasteiger partial charge in [-0.1, -0.05) is 0 Å². The van der Waals surface area contributed by atoms with Crippen LogP contribution in [0.2, 0.25) is 0 Å². The monoisotopic (exact) mass is 292 g/mol. The van der Waals surface area contributed by atoms with E-state index in [0.29, 0.717) is 4.88 Å². The van der Waals surface area contributed by atoms with Crippen LogP contribution in [0.4, 0.5) is 8.78 Å². The standard InChI is InChI=1S/C9H3BrF2S2/c10-6-3-5-8(14-6)7-4(1-2-13-7)9(5,11)12/h1-3H. The molecule has 0 saturated carbocycles. The van der Waals surface area contributed by atoms with Gasteiger partial charge in [0, 0.05) is 11.1 Å². The second kappa shape index (κ2) is 2.65. The lowest BCUT2D eigenvalue weighted by molar-refractivity contribution is 0.0485. The molecule has 3 rings (SSSR count). The lowest BCUT2D eigenvalue weighted by Crippen LogP contribution is -2.09. The Labute approximate surface area is 95.3 Å². The first-order chi connectivity index (χ1) is 6.60. The lowest BCUT2D eigenvalue weighted by Gasteiger charge is -2.08. The molecule has 2 heterocycles. The van der Waals surface area contributed by atoms with Gasteiger partial charge < -0.3 is 0 Å². The van der Waals surface area contributed by atoms with Crippen molar-refractivity contribution in [1.29, 1.82) is 0 Å². The smallest absolute Gasteiger partial charge is 0.196 e. The zero-order chi connectivity index (χ0) is 9.92. The predicted molar refractivity (Wildman–Crippen MR) is 58.3 cm³/mol. The molecule has 14 heavy (non-hydrogen) atoms. The van der Waals surface area contributed by atoms with Crippen molar-refractivity contribution in [3.05, 3.63) is 32.4 Å². The molecule has 0 aromatic carbocycles. The molecule has 0 amide bonds.